The number of pyridine rings is 1. The van der Waals surface area contributed by atoms with E-state index in [1.807, 2.05) is 30.3 Å². The maximum absolute atomic E-state index is 14.0. The Kier molecular flexibility index (Phi) is 11.9. The van der Waals surface area contributed by atoms with Crippen molar-refractivity contribution in [2.24, 2.45) is 0 Å². The third-order valence-corrected chi connectivity index (χ3v) is 6.94. The highest BCUT2D eigenvalue weighted by Gasteiger charge is 2.55. The second-order valence-corrected chi connectivity index (χ2v) is 13.3. The zero-order valence-corrected chi connectivity index (χ0v) is 25.4. The first-order valence-corrected chi connectivity index (χ1v) is 14.8. The molecule has 1 aromatic carbocycles. The summed E-state index contributed by atoms with van der Waals surface area (Å²) in [6.45, 7) is 9.95. The first-order chi connectivity index (χ1) is 19.3. The van der Waals surface area contributed by atoms with E-state index >= 15 is 0 Å². The normalized spacial score (nSPS) is 15.2. The molecular weight excluding hydrogens is 577 g/mol. The lowest BCUT2D eigenvalue weighted by atomic mass is 9.95. The van der Waals surface area contributed by atoms with E-state index in [9.17, 15) is 32.1 Å². The van der Waals surface area contributed by atoms with Crippen LogP contribution in [0.2, 0.25) is 0 Å². The summed E-state index contributed by atoms with van der Waals surface area (Å²) in [4.78, 5) is 28.7. The van der Waals surface area contributed by atoms with Crippen molar-refractivity contribution in [3.8, 4) is 5.75 Å². The highest BCUT2D eigenvalue weighted by Crippen LogP contribution is 2.41. The van der Waals surface area contributed by atoms with Crippen LogP contribution in [0.15, 0.2) is 48.7 Å². The summed E-state index contributed by atoms with van der Waals surface area (Å²) < 4.78 is 70.9. The van der Waals surface area contributed by atoms with Crippen LogP contribution in [0.1, 0.15) is 65.6 Å². The quantitative estimate of drug-likeness (QED) is 0.313. The molecule has 0 aliphatic carbocycles. The van der Waals surface area contributed by atoms with Crippen LogP contribution in [-0.4, -0.2) is 61.3 Å². The Bertz CT molecular complexity index is 1200. The highest BCUT2D eigenvalue weighted by molar-refractivity contribution is 7.84. The van der Waals surface area contributed by atoms with Crippen molar-refractivity contribution in [2.75, 3.05) is 11.5 Å². The van der Waals surface area contributed by atoms with Gasteiger partial charge in [-0.25, -0.2) is 9.59 Å². The molecule has 0 fully saturated rings. The minimum atomic E-state index is -5.12. The van der Waals surface area contributed by atoms with Gasteiger partial charge in [0, 0.05) is 28.7 Å². The van der Waals surface area contributed by atoms with Gasteiger partial charge in [0.1, 0.15) is 29.6 Å². The Labute approximate surface area is 246 Å². The number of benzene rings is 1. The van der Waals surface area contributed by atoms with Gasteiger partial charge in [-0.1, -0.05) is 30.3 Å². The summed E-state index contributed by atoms with van der Waals surface area (Å²) in [6, 6.07) is 10.2. The van der Waals surface area contributed by atoms with Crippen LogP contribution in [0, 0.1) is 0 Å². The molecule has 1 aromatic heterocycles. The number of alkyl halides is 3. The molecule has 0 saturated carbocycles. The molecule has 2 N–H and O–H groups in total. The van der Waals surface area contributed by atoms with Gasteiger partial charge >= 0.3 is 18.2 Å². The van der Waals surface area contributed by atoms with Crippen LogP contribution in [0.4, 0.5) is 18.0 Å². The lowest BCUT2D eigenvalue weighted by molar-refractivity contribution is -0.268. The van der Waals surface area contributed by atoms with Crippen LogP contribution >= 0.6 is 0 Å². The van der Waals surface area contributed by atoms with Gasteiger partial charge in [-0.15, -0.1) is 0 Å². The number of amides is 1. The second kappa shape index (κ2) is 14.3. The van der Waals surface area contributed by atoms with Crippen molar-refractivity contribution < 1.29 is 46.3 Å². The van der Waals surface area contributed by atoms with E-state index in [-0.39, 0.29) is 24.5 Å². The molecule has 234 valence electrons. The minimum absolute atomic E-state index is 0.178. The van der Waals surface area contributed by atoms with Crippen molar-refractivity contribution >= 4 is 22.9 Å². The number of hydrogen-bond donors (Lipinski definition) is 2. The van der Waals surface area contributed by atoms with Crippen molar-refractivity contribution in [2.45, 2.75) is 90.0 Å². The number of esters is 1. The molecule has 42 heavy (non-hydrogen) atoms. The smallest absolute Gasteiger partial charge is 0.423 e. The summed E-state index contributed by atoms with van der Waals surface area (Å²) in [7, 11) is -1.91. The van der Waals surface area contributed by atoms with E-state index in [1.165, 1.54) is 6.07 Å². The SMILES string of the molecule is CC(C)(C)OC(=O)NC(CCS(=O)CCC(O)(c1ccc(OCc2ccccc2)cn1)C(F)(F)F)C(=O)OC(C)(C)C. The molecule has 2 aromatic rings. The van der Waals surface area contributed by atoms with Gasteiger partial charge in [0.15, 0.2) is 0 Å². The predicted molar refractivity (Wildman–Crippen MR) is 151 cm³/mol. The number of alkyl carbamates (subject to hydrolysis) is 1. The van der Waals surface area contributed by atoms with Crippen LogP contribution < -0.4 is 10.1 Å². The van der Waals surface area contributed by atoms with Crippen molar-refractivity contribution in [1.29, 1.82) is 0 Å². The Hall–Kier alpha value is -3.19. The molecule has 0 bridgehead atoms. The molecular formula is C29H39F3N2O7S. The number of nitrogens with zero attached hydrogens (tertiary/aromatic N) is 1. The Balaban J connectivity index is 2.06. The first-order valence-electron chi connectivity index (χ1n) is 13.3. The topological polar surface area (TPSA) is 124 Å². The van der Waals surface area contributed by atoms with Gasteiger partial charge in [-0.05, 0) is 65.7 Å². The van der Waals surface area contributed by atoms with Crippen LogP contribution in [0.5, 0.6) is 5.75 Å². The third-order valence-electron chi connectivity index (χ3n) is 5.59. The first kappa shape index (κ1) is 35.0. The molecule has 9 nitrogen and oxygen atoms in total. The van der Waals surface area contributed by atoms with E-state index in [0.717, 1.165) is 17.8 Å². The number of aliphatic hydroxyl groups is 1. The maximum Gasteiger partial charge on any atom is 0.423 e. The van der Waals surface area contributed by atoms with E-state index in [1.54, 1.807) is 41.5 Å². The highest BCUT2D eigenvalue weighted by atomic mass is 32.2. The van der Waals surface area contributed by atoms with E-state index in [0.29, 0.717) is 0 Å². The fourth-order valence-electron chi connectivity index (χ4n) is 3.55. The van der Waals surface area contributed by atoms with Gasteiger partial charge in [0.2, 0.25) is 5.60 Å². The minimum Gasteiger partial charge on any atom is -0.487 e. The monoisotopic (exact) mass is 616 g/mol. The van der Waals surface area contributed by atoms with E-state index < -0.39 is 69.8 Å². The second-order valence-electron chi connectivity index (χ2n) is 11.6. The predicted octanol–water partition coefficient (Wildman–Crippen LogP) is 5.17. The zero-order valence-electron chi connectivity index (χ0n) is 24.6. The maximum atomic E-state index is 14.0. The Morgan fingerprint density at radius 3 is 2.10 bits per heavy atom. The summed E-state index contributed by atoms with van der Waals surface area (Å²) in [5.74, 6) is -1.41. The van der Waals surface area contributed by atoms with Gasteiger partial charge < -0.3 is 24.6 Å². The molecule has 0 spiro atoms. The fraction of sp³-hybridized carbons (Fsp3) is 0.552. The number of nitrogens with one attached hydrogen (secondary N) is 1. The number of ether oxygens (including phenoxy) is 3. The van der Waals surface area contributed by atoms with E-state index in [2.05, 4.69) is 10.3 Å². The van der Waals surface area contributed by atoms with Gasteiger partial charge in [0.05, 0.1) is 11.9 Å². The van der Waals surface area contributed by atoms with Crippen LogP contribution in [0.25, 0.3) is 0 Å². The summed E-state index contributed by atoms with van der Waals surface area (Å²) in [5.41, 5.74) is -4.93. The largest absolute Gasteiger partial charge is 0.487 e. The molecule has 0 aliphatic heterocycles. The van der Waals surface area contributed by atoms with Crippen molar-refractivity contribution in [3.05, 3.63) is 59.9 Å². The van der Waals surface area contributed by atoms with Crippen molar-refractivity contribution in [1.82, 2.24) is 10.3 Å². The number of halogens is 3. The average molecular weight is 617 g/mol. The van der Waals surface area contributed by atoms with E-state index in [4.69, 9.17) is 14.2 Å². The van der Waals surface area contributed by atoms with Gasteiger partial charge in [0.25, 0.3) is 0 Å². The summed E-state index contributed by atoms with van der Waals surface area (Å²) >= 11 is 0. The molecule has 13 heteroatoms. The van der Waals surface area contributed by atoms with Crippen LogP contribution in [-0.2, 0) is 37.3 Å². The standard InChI is InChI=1S/C29H39F3N2O7S/c1-26(2,3)40-24(35)22(34-25(36)41-27(4,5)6)14-16-42(38)17-15-28(37,29(30,31)32)23-13-12-21(18-33-23)39-19-20-10-8-7-9-11-20/h7-13,18,22,37H,14-17,19H2,1-6H3,(H,34,36). The lowest BCUT2D eigenvalue weighted by Crippen LogP contribution is -2.47. The van der Waals surface area contributed by atoms with Gasteiger partial charge in [-0.2, -0.15) is 13.2 Å². The molecule has 3 unspecified atom stereocenters. The molecule has 1 heterocycles. The summed E-state index contributed by atoms with van der Waals surface area (Å²) in [5, 5.41) is 13.1. The molecule has 2 rings (SSSR count). The molecule has 3 atom stereocenters. The third kappa shape index (κ3) is 11.6. The Morgan fingerprint density at radius 2 is 1.57 bits per heavy atom. The molecule has 0 saturated heterocycles. The molecule has 0 aliphatic rings. The lowest BCUT2D eigenvalue weighted by Gasteiger charge is -2.30. The zero-order chi connectivity index (χ0) is 31.8. The average Bonchev–Trinajstić information content (AvgIpc) is 2.86. The number of carbonyl (C=O) groups excluding carboxylic acids is 2. The number of aromatic nitrogens is 1. The number of carbonyl (C=O) groups is 2. The molecule has 1 amide bonds. The fourth-order valence-corrected chi connectivity index (χ4v) is 4.78. The summed E-state index contributed by atoms with van der Waals surface area (Å²) in [6.07, 6.45) is -6.08. The van der Waals surface area contributed by atoms with Gasteiger partial charge in [-0.3, -0.25) is 9.19 Å². The number of hydrogen-bond acceptors (Lipinski definition) is 8. The van der Waals surface area contributed by atoms with Crippen molar-refractivity contribution in [3.63, 3.8) is 0 Å². The Morgan fingerprint density at radius 1 is 0.952 bits per heavy atom. The van der Waals surface area contributed by atoms with Crippen LogP contribution in [0.3, 0.4) is 0 Å². The number of rotatable bonds is 12. The molecule has 0 radical (unpaired) electrons.